The Kier molecular flexibility index (Phi) is 5.97. The molecule has 21 heavy (non-hydrogen) atoms. The summed E-state index contributed by atoms with van der Waals surface area (Å²) in [6.07, 6.45) is 0. The van der Waals surface area contributed by atoms with E-state index in [-0.39, 0.29) is 0 Å². The molecule has 2 aromatic rings. The molecule has 0 aromatic heterocycles. The van der Waals surface area contributed by atoms with Gasteiger partial charge in [0.2, 0.25) is 0 Å². The topological polar surface area (TPSA) is 12.5 Å². The third-order valence-electron chi connectivity index (χ3n) is 3.10. The van der Waals surface area contributed by atoms with E-state index >= 15 is 0 Å². The highest BCUT2D eigenvalue weighted by Crippen LogP contribution is 2.37. The van der Waals surface area contributed by atoms with Crippen LogP contribution in [0.15, 0.2) is 47.4 Å². The lowest BCUT2D eigenvalue weighted by molar-refractivity contribution is 0.371. The van der Waals surface area contributed by atoms with E-state index in [4.69, 9.17) is 16.3 Å². The lowest BCUT2D eigenvalue weighted by Crippen LogP contribution is -2.12. The average molecular weight is 322 g/mol. The van der Waals surface area contributed by atoms with Crippen molar-refractivity contribution in [2.75, 3.05) is 21.2 Å². The number of methoxy groups -OCH3 is 1. The molecule has 0 aliphatic heterocycles. The van der Waals surface area contributed by atoms with Crippen molar-refractivity contribution in [3.63, 3.8) is 0 Å². The highest BCUT2D eigenvalue weighted by atomic mass is 35.5. The normalized spacial score (nSPS) is 10.9. The van der Waals surface area contributed by atoms with Gasteiger partial charge in [-0.25, -0.2) is 0 Å². The quantitative estimate of drug-likeness (QED) is 0.715. The number of benzene rings is 2. The van der Waals surface area contributed by atoms with E-state index in [1.807, 2.05) is 32.3 Å². The molecule has 2 rings (SSSR count). The molecule has 2 nitrogen and oxygen atoms in total. The summed E-state index contributed by atoms with van der Waals surface area (Å²) in [5, 5.41) is 0.795. The molecule has 0 bridgehead atoms. The second-order valence-electron chi connectivity index (χ2n) is 5.07. The first-order chi connectivity index (χ1) is 10.1. The number of ether oxygens (including phenoxy) is 1. The monoisotopic (exact) mass is 321 g/mol. The van der Waals surface area contributed by atoms with Gasteiger partial charge in [-0.05, 0) is 31.8 Å². The van der Waals surface area contributed by atoms with E-state index < -0.39 is 0 Å². The highest BCUT2D eigenvalue weighted by Gasteiger charge is 2.13. The smallest absolute Gasteiger partial charge is 0.124 e. The Morgan fingerprint density at radius 3 is 2.43 bits per heavy atom. The standard InChI is InChI=1S/C17H20ClNOS/c1-19(2)11-14-15(20-3)9-10-16(17(14)18)21-12-13-7-5-4-6-8-13/h4-10H,11-12H2,1-3H3. The molecule has 2 aromatic carbocycles. The number of hydrogen-bond donors (Lipinski definition) is 0. The van der Waals surface area contributed by atoms with Gasteiger partial charge in [0.1, 0.15) is 5.75 Å². The molecule has 0 amide bonds. The van der Waals surface area contributed by atoms with Gasteiger partial charge in [-0.1, -0.05) is 41.9 Å². The van der Waals surface area contributed by atoms with E-state index in [0.29, 0.717) is 0 Å². The molecule has 112 valence electrons. The molecule has 0 radical (unpaired) electrons. The minimum absolute atomic E-state index is 0.766. The molecule has 0 spiro atoms. The lowest BCUT2D eigenvalue weighted by Gasteiger charge is -2.17. The van der Waals surface area contributed by atoms with Crippen LogP contribution < -0.4 is 4.74 Å². The van der Waals surface area contributed by atoms with Crippen LogP contribution in [0.5, 0.6) is 5.75 Å². The van der Waals surface area contributed by atoms with Gasteiger partial charge in [-0.15, -0.1) is 11.8 Å². The van der Waals surface area contributed by atoms with Gasteiger partial charge in [0.05, 0.1) is 12.1 Å². The molecular formula is C17H20ClNOS. The molecule has 0 atom stereocenters. The fraction of sp³-hybridized carbons (Fsp3) is 0.294. The summed E-state index contributed by atoms with van der Waals surface area (Å²) in [5.74, 6) is 1.76. The fourth-order valence-electron chi connectivity index (χ4n) is 2.08. The summed E-state index contributed by atoms with van der Waals surface area (Å²) in [4.78, 5) is 3.19. The fourth-order valence-corrected chi connectivity index (χ4v) is 3.39. The zero-order valence-electron chi connectivity index (χ0n) is 12.6. The maximum absolute atomic E-state index is 6.58. The maximum Gasteiger partial charge on any atom is 0.124 e. The van der Waals surface area contributed by atoms with Gasteiger partial charge in [0, 0.05) is 22.8 Å². The van der Waals surface area contributed by atoms with E-state index in [1.165, 1.54) is 5.56 Å². The molecule has 0 aliphatic carbocycles. The SMILES string of the molecule is COc1ccc(SCc2ccccc2)c(Cl)c1CN(C)C. The van der Waals surface area contributed by atoms with Crippen LogP contribution in [0.1, 0.15) is 11.1 Å². The zero-order chi connectivity index (χ0) is 15.2. The largest absolute Gasteiger partial charge is 0.496 e. The van der Waals surface area contributed by atoms with E-state index in [2.05, 4.69) is 29.2 Å². The van der Waals surface area contributed by atoms with Gasteiger partial charge in [0.25, 0.3) is 0 Å². The summed E-state index contributed by atoms with van der Waals surface area (Å²) in [5.41, 5.74) is 2.34. The van der Waals surface area contributed by atoms with Crippen molar-refractivity contribution >= 4 is 23.4 Å². The molecule has 4 heteroatoms. The molecule has 0 heterocycles. The second-order valence-corrected chi connectivity index (χ2v) is 6.47. The Labute approximate surface area is 136 Å². The molecule has 0 unspecified atom stereocenters. The van der Waals surface area contributed by atoms with Gasteiger partial charge < -0.3 is 9.64 Å². The summed E-state index contributed by atoms with van der Waals surface area (Å²) < 4.78 is 5.42. The van der Waals surface area contributed by atoms with Gasteiger partial charge in [-0.3, -0.25) is 0 Å². The molecule has 0 aliphatic rings. The Balaban J connectivity index is 2.20. The van der Waals surface area contributed by atoms with Crippen LogP contribution in [-0.4, -0.2) is 26.1 Å². The minimum Gasteiger partial charge on any atom is -0.496 e. The van der Waals surface area contributed by atoms with Crippen LogP contribution in [0.4, 0.5) is 0 Å². The first kappa shape index (κ1) is 16.2. The Morgan fingerprint density at radius 2 is 1.81 bits per heavy atom. The Hall–Kier alpha value is -1.16. The van der Waals surface area contributed by atoms with Gasteiger partial charge in [-0.2, -0.15) is 0 Å². The summed E-state index contributed by atoms with van der Waals surface area (Å²) in [6, 6.07) is 14.4. The van der Waals surface area contributed by atoms with Crippen molar-refractivity contribution < 1.29 is 4.74 Å². The van der Waals surface area contributed by atoms with E-state index in [1.54, 1.807) is 18.9 Å². The molecule has 0 N–H and O–H groups in total. The van der Waals surface area contributed by atoms with Gasteiger partial charge >= 0.3 is 0 Å². The summed E-state index contributed by atoms with van der Waals surface area (Å²) in [7, 11) is 5.74. The molecule has 0 saturated heterocycles. The van der Waals surface area contributed by atoms with Crippen molar-refractivity contribution in [1.82, 2.24) is 4.90 Å². The molecular weight excluding hydrogens is 302 g/mol. The van der Waals surface area contributed by atoms with Crippen molar-refractivity contribution in [2.24, 2.45) is 0 Å². The third-order valence-corrected chi connectivity index (χ3v) is 4.77. The number of hydrogen-bond acceptors (Lipinski definition) is 3. The van der Waals surface area contributed by atoms with Crippen LogP contribution in [0, 0.1) is 0 Å². The molecule has 0 saturated carbocycles. The highest BCUT2D eigenvalue weighted by molar-refractivity contribution is 7.98. The number of rotatable bonds is 6. The lowest BCUT2D eigenvalue weighted by atomic mass is 10.2. The van der Waals surface area contributed by atoms with Crippen molar-refractivity contribution in [3.8, 4) is 5.75 Å². The van der Waals surface area contributed by atoms with E-state index in [0.717, 1.165) is 33.5 Å². The Morgan fingerprint density at radius 1 is 1.10 bits per heavy atom. The van der Waals surface area contributed by atoms with Crippen molar-refractivity contribution in [3.05, 3.63) is 58.6 Å². The maximum atomic E-state index is 6.58. The minimum atomic E-state index is 0.766. The summed E-state index contributed by atoms with van der Waals surface area (Å²) in [6.45, 7) is 0.766. The zero-order valence-corrected chi connectivity index (χ0v) is 14.2. The second kappa shape index (κ2) is 7.74. The number of halogens is 1. The first-order valence-corrected chi connectivity index (χ1v) is 8.15. The van der Waals surface area contributed by atoms with Crippen molar-refractivity contribution in [1.29, 1.82) is 0 Å². The van der Waals surface area contributed by atoms with Crippen molar-refractivity contribution in [2.45, 2.75) is 17.2 Å². The van der Waals surface area contributed by atoms with Crippen LogP contribution >= 0.6 is 23.4 Å². The third kappa shape index (κ3) is 4.40. The van der Waals surface area contributed by atoms with Crippen LogP contribution in [0.25, 0.3) is 0 Å². The van der Waals surface area contributed by atoms with Crippen LogP contribution in [0.2, 0.25) is 5.02 Å². The van der Waals surface area contributed by atoms with Crippen LogP contribution in [0.3, 0.4) is 0 Å². The average Bonchev–Trinajstić information content (AvgIpc) is 2.49. The number of thioether (sulfide) groups is 1. The number of nitrogens with zero attached hydrogens (tertiary/aromatic N) is 1. The van der Waals surface area contributed by atoms with Crippen LogP contribution in [-0.2, 0) is 12.3 Å². The predicted octanol–water partition coefficient (Wildman–Crippen LogP) is 4.70. The summed E-state index contributed by atoms with van der Waals surface area (Å²) >= 11 is 8.33. The predicted molar refractivity (Wildman–Crippen MR) is 91.4 cm³/mol. The first-order valence-electron chi connectivity index (χ1n) is 6.78. The van der Waals surface area contributed by atoms with E-state index in [9.17, 15) is 0 Å². The molecule has 0 fully saturated rings. The van der Waals surface area contributed by atoms with Gasteiger partial charge in [0.15, 0.2) is 0 Å². The Bertz CT molecular complexity index is 587.